The van der Waals surface area contributed by atoms with E-state index in [9.17, 15) is 10.1 Å². The van der Waals surface area contributed by atoms with Crippen LogP contribution in [0.15, 0.2) is 60.3 Å². The Balaban J connectivity index is 2.20. The van der Waals surface area contributed by atoms with Crippen LogP contribution in [0.5, 0.6) is 5.75 Å². The number of nitriles is 1. The van der Waals surface area contributed by atoms with Crippen LogP contribution < -0.4 is 10.1 Å². The van der Waals surface area contributed by atoms with E-state index >= 15 is 0 Å². The van der Waals surface area contributed by atoms with Crippen molar-refractivity contribution in [2.75, 3.05) is 14.2 Å². The van der Waals surface area contributed by atoms with Crippen molar-refractivity contribution in [2.24, 2.45) is 0 Å². The molecule has 6 heteroatoms. The summed E-state index contributed by atoms with van der Waals surface area (Å²) in [6.07, 6.45) is 3.37. The standard InChI is InChI=1S/C22H20N4O2/c1-15-11-19(28-3)9-10-20(15)21-17(12-16(13-23)22(27)24-2)14-26(25-21)18-7-5-4-6-8-18/h4-12,14H,1-3H3,(H,24,27). The third-order valence-electron chi connectivity index (χ3n) is 4.34. The average Bonchev–Trinajstić information content (AvgIpc) is 3.15. The molecule has 0 unspecified atom stereocenters. The third-order valence-corrected chi connectivity index (χ3v) is 4.34. The Hall–Kier alpha value is -3.85. The lowest BCUT2D eigenvalue weighted by Crippen LogP contribution is -2.19. The monoisotopic (exact) mass is 372 g/mol. The van der Waals surface area contributed by atoms with Gasteiger partial charge in [0.1, 0.15) is 23.1 Å². The third kappa shape index (κ3) is 3.79. The molecular weight excluding hydrogens is 352 g/mol. The number of hydrogen-bond donors (Lipinski definition) is 1. The number of amides is 1. The van der Waals surface area contributed by atoms with Gasteiger partial charge in [-0.15, -0.1) is 0 Å². The number of methoxy groups -OCH3 is 1. The Morgan fingerprint density at radius 2 is 2.00 bits per heavy atom. The quantitative estimate of drug-likeness (QED) is 0.549. The Morgan fingerprint density at radius 1 is 1.25 bits per heavy atom. The summed E-state index contributed by atoms with van der Waals surface area (Å²) >= 11 is 0. The molecule has 1 amide bonds. The van der Waals surface area contributed by atoms with Gasteiger partial charge in [-0.25, -0.2) is 4.68 Å². The van der Waals surface area contributed by atoms with Crippen molar-refractivity contribution >= 4 is 12.0 Å². The van der Waals surface area contributed by atoms with E-state index in [0.717, 1.165) is 22.6 Å². The normalized spacial score (nSPS) is 11.0. The smallest absolute Gasteiger partial charge is 0.261 e. The van der Waals surface area contributed by atoms with E-state index < -0.39 is 5.91 Å². The van der Waals surface area contributed by atoms with E-state index in [4.69, 9.17) is 9.84 Å². The summed E-state index contributed by atoms with van der Waals surface area (Å²) in [5, 5.41) is 16.6. The van der Waals surface area contributed by atoms with Gasteiger partial charge in [0, 0.05) is 24.4 Å². The number of carbonyl (C=O) groups excluding carboxylic acids is 1. The molecule has 0 saturated carbocycles. The summed E-state index contributed by atoms with van der Waals surface area (Å²) in [5.41, 5.74) is 4.13. The Kier molecular flexibility index (Phi) is 5.56. The molecule has 2 aromatic carbocycles. The van der Waals surface area contributed by atoms with Crippen LogP contribution in [-0.4, -0.2) is 29.8 Å². The predicted octanol–water partition coefficient (Wildman–Crippen LogP) is 3.51. The first kappa shape index (κ1) is 18.9. The van der Waals surface area contributed by atoms with Gasteiger partial charge in [-0.2, -0.15) is 10.4 Å². The van der Waals surface area contributed by atoms with Gasteiger partial charge in [-0.1, -0.05) is 18.2 Å². The number of rotatable bonds is 5. The molecule has 1 heterocycles. The van der Waals surface area contributed by atoms with Gasteiger partial charge in [-0.05, 0) is 48.9 Å². The number of para-hydroxylation sites is 1. The molecule has 0 radical (unpaired) electrons. The molecule has 140 valence electrons. The average molecular weight is 372 g/mol. The molecule has 28 heavy (non-hydrogen) atoms. The van der Waals surface area contributed by atoms with Crippen molar-refractivity contribution in [3.05, 3.63) is 71.4 Å². The zero-order chi connectivity index (χ0) is 20.1. The molecule has 0 bridgehead atoms. The van der Waals surface area contributed by atoms with Crippen LogP contribution in [0.2, 0.25) is 0 Å². The summed E-state index contributed by atoms with van der Waals surface area (Å²) in [6, 6.07) is 17.3. The van der Waals surface area contributed by atoms with Gasteiger partial charge >= 0.3 is 0 Å². The van der Waals surface area contributed by atoms with Crippen molar-refractivity contribution in [3.8, 4) is 28.8 Å². The second kappa shape index (κ2) is 8.23. The number of ether oxygens (including phenoxy) is 1. The summed E-state index contributed by atoms with van der Waals surface area (Å²) in [4.78, 5) is 12.0. The van der Waals surface area contributed by atoms with Crippen molar-refractivity contribution < 1.29 is 9.53 Å². The minimum atomic E-state index is -0.438. The molecule has 0 aliphatic rings. The summed E-state index contributed by atoms with van der Waals surface area (Å²) in [5.74, 6) is 0.316. The molecule has 3 aromatic rings. The van der Waals surface area contributed by atoms with Crippen LogP contribution in [0.25, 0.3) is 23.0 Å². The van der Waals surface area contributed by atoms with Crippen LogP contribution >= 0.6 is 0 Å². The van der Waals surface area contributed by atoms with Gasteiger partial charge in [0.25, 0.3) is 5.91 Å². The number of hydrogen-bond acceptors (Lipinski definition) is 4. The maximum atomic E-state index is 12.0. The number of aromatic nitrogens is 2. The highest BCUT2D eigenvalue weighted by Crippen LogP contribution is 2.30. The highest BCUT2D eigenvalue weighted by molar-refractivity contribution is 6.02. The maximum Gasteiger partial charge on any atom is 0.261 e. The Labute approximate surface area is 163 Å². The summed E-state index contributed by atoms with van der Waals surface area (Å²) in [6.45, 7) is 1.97. The van der Waals surface area contributed by atoms with Crippen LogP contribution in [-0.2, 0) is 4.79 Å². The summed E-state index contributed by atoms with van der Waals surface area (Å²) < 4.78 is 7.02. The van der Waals surface area contributed by atoms with Crippen molar-refractivity contribution in [1.29, 1.82) is 5.26 Å². The number of nitrogens with one attached hydrogen (secondary N) is 1. The van der Waals surface area contributed by atoms with Crippen molar-refractivity contribution in [2.45, 2.75) is 6.92 Å². The molecule has 0 fully saturated rings. The first-order valence-electron chi connectivity index (χ1n) is 8.71. The fourth-order valence-corrected chi connectivity index (χ4v) is 2.88. The predicted molar refractivity (Wildman–Crippen MR) is 108 cm³/mol. The first-order valence-corrected chi connectivity index (χ1v) is 8.71. The van der Waals surface area contributed by atoms with E-state index in [0.29, 0.717) is 11.3 Å². The van der Waals surface area contributed by atoms with Crippen LogP contribution in [0.1, 0.15) is 11.1 Å². The van der Waals surface area contributed by atoms with Crippen molar-refractivity contribution in [1.82, 2.24) is 15.1 Å². The molecular formula is C22H20N4O2. The molecule has 0 atom stereocenters. The zero-order valence-electron chi connectivity index (χ0n) is 15.9. The largest absolute Gasteiger partial charge is 0.497 e. The number of benzene rings is 2. The highest BCUT2D eigenvalue weighted by atomic mass is 16.5. The van der Waals surface area contributed by atoms with Crippen LogP contribution in [0.4, 0.5) is 0 Å². The Bertz CT molecular complexity index is 1080. The highest BCUT2D eigenvalue weighted by Gasteiger charge is 2.16. The van der Waals surface area contributed by atoms with E-state index in [1.165, 1.54) is 7.05 Å². The lowest BCUT2D eigenvalue weighted by atomic mass is 10.0. The molecule has 0 saturated heterocycles. The zero-order valence-corrected chi connectivity index (χ0v) is 15.9. The minimum Gasteiger partial charge on any atom is -0.497 e. The molecule has 3 rings (SSSR count). The molecule has 1 N–H and O–H groups in total. The molecule has 1 aromatic heterocycles. The van der Waals surface area contributed by atoms with E-state index in [1.807, 2.05) is 67.7 Å². The van der Waals surface area contributed by atoms with E-state index in [2.05, 4.69) is 5.32 Å². The molecule has 0 aliphatic heterocycles. The van der Waals surface area contributed by atoms with Crippen LogP contribution in [0, 0.1) is 18.3 Å². The summed E-state index contributed by atoms with van der Waals surface area (Å²) in [7, 11) is 3.12. The number of carbonyl (C=O) groups is 1. The van der Waals surface area contributed by atoms with Gasteiger partial charge in [0.2, 0.25) is 0 Å². The Morgan fingerprint density at radius 3 is 2.61 bits per heavy atom. The fourth-order valence-electron chi connectivity index (χ4n) is 2.88. The molecule has 0 aliphatic carbocycles. The maximum absolute atomic E-state index is 12.0. The van der Waals surface area contributed by atoms with E-state index in [1.54, 1.807) is 17.9 Å². The molecule has 0 spiro atoms. The fraction of sp³-hybridized carbons (Fsp3) is 0.136. The number of nitrogens with zero attached hydrogens (tertiary/aromatic N) is 3. The number of likely N-dealkylation sites (N-methyl/N-ethyl adjacent to an activating group) is 1. The van der Waals surface area contributed by atoms with E-state index in [-0.39, 0.29) is 5.57 Å². The van der Waals surface area contributed by atoms with Gasteiger partial charge in [-0.3, -0.25) is 4.79 Å². The van der Waals surface area contributed by atoms with Crippen molar-refractivity contribution in [3.63, 3.8) is 0 Å². The lowest BCUT2D eigenvalue weighted by Gasteiger charge is -2.07. The lowest BCUT2D eigenvalue weighted by molar-refractivity contribution is -0.116. The van der Waals surface area contributed by atoms with Gasteiger partial charge < -0.3 is 10.1 Å². The minimum absolute atomic E-state index is 0.0162. The topological polar surface area (TPSA) is 79.9 Å². The number of aryl methyl sites for hydroxylation is 1. The van der Waals surface area contributed by atoms with Crippen LogP contribution in [0.3, 0.4) is 0 Å². The van der Waals surface area contributed by atoms with Gasteiger partial charge in [0.15, 0.2) is 0 Å². The molecule has 6 nitrogen and oxygen atoms in total. The SMILES string of the molecule is CNC(=O)C(C#N)=Cc1cn(-c2ccccc2)nc1-c1ccc(OC)cc1C. The van der Waals surface area contributed by atoms with Gasteiger partial charge in [0.05, 0.1) is 12.8 Å². The first-order chi connectivity index (χ1) is 13.6. The second-order valence-corrected chi connectivity index (χ2v) is 6.14. The second-order valence-electron chi connectivity index (χ2n) is 6.14.